The van der Waals surface area contributed by atoms with Gasteiger partial charge in [0.15, 0.2) is 0 Å². The summed E-state index contributed by atoms with van der Waals surface area (Å²) in [7, 11) is 0. The molecule has 0 bridgehead atoms. The van der Waals surface area contributed by atoms with Crippen LogP contribution in [0.3, 0.4) is 0 Å². The zero-order valence-corrected chi connectivity index (χ0v) is 9.27. The van der Waals surface area contributed by atoms with Crippen LogP contribution in [0.1, 0.15) is 30.2 Å². The Labute approximate surface area is 88.4 Å². The first-order valence-corrected chi connectivity index (χ1v) is 5.67. The maximum absolute atomic E-state index is 8.74. The van der Waals surface area contributed by atoms with Crippen molar-refractivity contribution in [3.63, 3.8) is 0 Å². The molecule has 2 N–H and O–H groups in total. The number of hydrogen-bond acceptors (Lipinski definition) is 3. The lowest BCUT2D eigenvalue weighted by atomic mass is 10.1. The number of nitrogens with two attached hydrogens (primary N) is 1. The van der Waals surface area contributed by atoms with Crippen molar-refractivity contribution in [2.24, 2.45) is 17.1 Å². The van der Waals surface area contributed by atoms with E-state index in [1.807, 2.05) is 11.4 Å². The van der Waals surface area contributed by atoms with Crippen LogP contribution in [0.5, 0.6) is 0 Å². The summed E-state index contributed by atoms with van der Waals surface area (Å²) in [5.74, 6) is 1.16. The quantitative estimate of drug-likeness (QED) is 0.807. The van der Waals surface area contributed by atoms with Crippen LogP contribution in [-0.2, 0) is 0 Å². The van der Waals surface area contributed by atoms with E-state index in [0.717, 1.165) is 12.1 Å². The highest BCUT2D eigenvalue weighted by Gasteiger charge is 2.57. The van der Waals surface area contributed by atoms with Gasteiger partial charge in [-0.1, -0.05) is 13.8 Å². The summed E-state index contributed by atoms with van der Waals surface area (Å²) in [4.78, 5) is 1.32. The summed E-state index contributed by atoms with van der Waals surface area (Å²) >= 11 is 1.69. The first-order chi connectivity index (χ1) is 6.61. The Morgan fingerprint density at radius 3 is 2.79 bits per heavy atom. The van der Waals surface area contributed by atoms with Gasteiger partial charge in [-0.15, -0.1) is 11.3 Å². The SMILES string of the molecule is CC1(C)[C@@H](CN)[C@@H]1c1cc(C#N)cs1. The largest absolute Gasteiger partial charge is 0.330 e. The lowest BCUT2D eigenvalue weighted by molar-refractivity contribution is 0.559. The highest BCUT2D eigenvalue weighted by atomic mass is 32.1. The molecule has 0 unspecified atom stereocenters. The molecule has 1 fully saturated rings. The van der Waals surface area contributed by atoms with Crippen LogP contribution < -0.4 is 5.73 Å². The highest BCUT2D eigenvalue weighted by Crippen LogP contribution is 2.64. The molecule has 2 nitrogen and oxygen atoms in total. The van der Waals surface area contributed by atoms with Crippen molar-refractivity contribution in [3.8, 4) is 6.07 Å². The van der Waals surface area contributed by atoms with E-state index in [1.165, 1.54) is 4.88 Å². The molecule has 1 heterocycles. The van der Waals surface area contributed by atoms with E-state index >= 15 is 0 Å². The average Bonchev–Trinajstić information content (AvgIpc) is 2.55. The predicted octanol–water partition coefficient (Wildman–Crippen LogP) is 2.32. The molecule has 0 amide bonds. The second-order valence-corrected chi connectivity index (χ2v) is 5.43. The van der Waals surface area contributed by atoms with Gasteiger partial charge >= 0.3 is 0 Å². The number of nitriles is 1. The average molecular weight is 206 g/mol. The van der Waals surface area contributed by atoms with E-state index < -0.39 is 0 Å². The van der Waals surface area contributed by atoms with Crippen LogP contribution in [0.25, 0.3) is 0 Å². The van der Waals surface area contributed by atoms with Crippen LogP contribution in [-0.4, -0.2) is 6.54 Å². The third-order valence-electron chi connectivity index (χ3n) is 3.36. The molecule has 2 atom stereocenters. The van der Waals surface area contributed by atoms with Gasteiger partial charge in [-0.2, -0.15) is 5.26 Å². The van der Waals surface area contributed by atoms with Gasteiger partial charge in [0, 0.05) is 16.2 Å². The van der Waals surface area contributed by atoms with E-state index in [-0.39, 0.29) is 0 Å². The summed E-state index contributed by atoms with van der Waals surface area (Å²) < 4.78 is 0. The van der Waals surface area contributed by atoms with Crippen molar-refractivity contribution in [2.75, 3.05) is 6.54 Å². The topological polar surface area (TPSA) is 49.8 Å². The van der Waals surface area contributed by atoms with Crippen molar-refractivity contribution >= 4 is 11.3 Å². The Balaban J connectivity index is 2.23. The predicted molar refractivity (Wildman–Crippen MR) is 58.1 cm³/mol. The third-order valence-corrected chi connectivity index (χ3v) is 4.38. The fourth-order valence-electron chi connectivity index (χ4n) is 2.32. The number of thiophene rings is 1. The van der Waals surface area contributed by atoms with Gasteiger partial charge in [0.25, 0.3) is 0 Å². The number of nitrogens with zero attached hydrogens (tertiary/aromatic N) is 1. The monoisotopic (exact) mass is 206 g/mol. The van der Waals surface area contributed by atoms with Gasteiger partial charge in [0.05, 0.1) is 5.56 Å². The Morgan fingerprint density at radius 1 is 1.64 bits per heavy atom. The molecule has 0 radical (unpaired) electrons. The maximum Gasteiger partial charge on any atom is 0.100 e. The molecule has 0 aliphatic heterocycles. The summed E-state index contributed by atoms with van der Waals surface area (Å²) in [6, 6.07) is 4.18. The zero-order valence-electron chi connectivity index (χ0n) is 8.45. The summed E-state index contributed by atoms with van der Waals surface area (Å²) in [6.45, 7) is 5.25. The highest BCUT2D eigenvalue weighted by molar-refractivity contribution is 7.10. The Morgan fingerprint density at radius 2 is 2.36 bits per heavy atom. The Bertz CT molecular complexity index is 386. The summed E-state index contributed by atoms with van der Waals surface area (Å²) in [5.41, 5.74) is 6.82. The second-order valence-electron chi connectivity index (χ2n) is 4.49. The molecule has 2 rings (SSSR count). The second kappa shape index (κ2) is 3.08. The van der Waals surface area contributed by atoms with Gasteiger partial charge in [0.1, 0.15) is 6.07 Å². The standard InChI is InChI=1S/C11H14N2S/c1-11(2)8(5-13)10(11)9-3-7(4-12)6-14-9/h3,6,8,10H,5,13H2,1-2H3/t8-,10+/m0/s1. The molecule has 1 aromatic rings. The Kier molecular flexibility index (Phi) is 2.13. The lowest BCUT2D eigenvalue weighted by Crippen LogP contribution is -2.05. The zero-order chi connectivity index (χ0) is 10.3. The van der Waals surface area contributed by atoms with E-state index in [9.17, 15) is 0 Å². The van der Waals surface area contributed by atoms with E-state index in [2.05, 4.69) is 19.9 Å². The van der Waals surface area contributed by atoms with Crippen LogP contribution >= 0.6 is 11.3 Å². The van der Waals surface area contributed by atoms with Crippen LogP contribution in [0, 0.1) is 22.7 Å². The third kappa shape index (κ3) is 1.26. The van der Waals surface area contributed by atoms with Gasteiger partial charge in [-0.25, -0.2) is 0 Å². The molecular formula is C11H14N2S. The molecular weight excluding hydrogens is 192 g/mol. The molecule has 3 heteroatoms. The molecule has 1 aliphatic rings. The molecule has 0 spiro atoms. The smallest absolute Gasteiger partial charge is 0.100 e. The summed E-state index contributed by atoms with van der Waals surface area (Å²) in [5, 5.41) is 10.7. The van der Waals surface area contributed by atoms with Crippen LogP contribution in [0.4, 0.5) is 0 Å². The van der Waals surface area contributed by atoms with Crippen LogP contribution in [0.2, 0.25) is 0 Å². The van der Waals surface area contributed by atoms with Crippen molar-refractivity contribution < 1.29 is 0 Å². The van der Waals surface area contributed by atoms with Gasteiger partial charge in [-0.3, -0.25) is 0 Å². The number of hydrogen-bond donors (Lipinski definition) is 1. The molecule has 1 saturated carbocycles. The van der Waals surface area contributed by atoms with Gasteiger partial charge < -0.3 is 5.73 Å². The molecule has 1 aromatic heterocycles. The first kappa shape index (κ1) is 9.70. The van der Waals surface area contributed by atoms with Crippen molar-refractivity contribution in [2.45, 2.75) is 19.8 Å². The van der Waals surface area contributed by atoms with Crippen LogP contribution in [0.15, 0.2) is 11.4 Å². The normalized spacial score (nSPS) is 28.4. The van der Waals surface area contributed by atoms with Gasteiger partial charge in [-0.05, 0) is 23.9 Å². The first-order valence-electron chi connectivity index (χ1n) is 4.80. The Hall–Kier alpha value is -0.850. The lowest BCUT2D eigenvalue weighted by Gasteiger charge is -1.98. The molecule has 14 heavy (non-hydrogen) atoms. The molecule has 0 aromatic carbocycles. The van der Waals surface area contributed by atoms with Crippen molar-refractivity contribution in [3.05, 3.63) is 21.9 Å². The maximum atomic E-state index is 8.74. The molecule has 1 aliphatic carbocycles. The molecule has 0 saturated heterocycles. The van der Waals surface area contributed by atoms with E-state index in [4.69, 9.17) is 11.0 Å². The van der Waals surface area contributed by atoms with Crippen molar-refractivity contribution in [1.29, 1.82) is 5.26 Å². The minimum Gasteiger partial charge on any atom is -0.330 e. The molecule has 74 valence electrons. The fraction of sp³-hybridized carbons (Fsp3) is 0.545. The van der Waals surface area contributed by atoms with Crippen molar-refractivity contribution in [1.82, 2.24) is 0 Å². The number of rotatable bonds is 2. The minimum atomic E-state index is 0.326. The van der Waals surface area contributed by atoms with E-state index in [1.54, 1.807) is 11.3 Å². The van der Waals surface area contributed by atoms with E-state index in [0.29, 0.717) is 17.3 Å². The fourth-order valence-corrected chi connectivity index (χ4v) is 3.52. The van der Waals surface area contributed by atoms with Gasteiger partial charge in [0.2, 0.25) is 0 Å². The minimum absolute atomic E-state index is 0.326. The summed E-state index contributed by atoms with van der Waals surface area (Å²) in [6.07, 6.45) is 0.